The molecular formula is C18H16Cl2N2O3. The van der Waals surface area contributed by atoms with E-state index in [0.29, 0.717) is 28.1 Å². The Balaban J connectivity index is 1.92. The number of amides is 1. The van der Waals surface area contributed by atoms with Gasteiger partial charge in [-0.3, -0.25) is 4.79 Å². The van der Waals surface area contributed by atoms with Gasteiger partial charge in [-0.25, -0.2) is 0 Å². The monoisotopic (exact) mass is 378 g/mol. The van der Waals surface area contributed by atoms with E-state index in [0.717, 1.165) is 11.3 Å². The largest absolute Gasteiger partial charge is 0.494 e. The van der Waals surface area contributed by atoms with Crippen molar-refractivity contribution in [2.45, 2.75) is 20.1 Å². The zero-order valence-corrected chi connectivity index (χ0v) is 15.2. The number of hydrazone groups is 1. The van der Waals surface area contributed by atoms with Gasteiger partial charge < -0.3 is 9.47 Å². The van der Waals surface area contributed by atoms with E-state index in [1.807, 2.05) is 31.2 Å². The van der Waals surface area contributed by atoms with E-state index < -0.39 is 6.23 Å². The summed E-state index contributed by atoms with van der Waals surface area (Å²) in [4.78, 5) is 12.0. The Morgan fingerprint density at radius 1 is 1.24 bits per heavy atom. The van der Waals surface area contributed by atoms with Crippen LogP contribution in [0.3, 0.4) is 0 Å². The maximum Gasteiger partial charge on any atom is 0.243 e. The van der Waals surface area contributed by atoms with E-state index in [-0.39, 0.29) is 5.91 Å². The molecule has 0 N–H and O–H groups in total. The second kappa shape index (κ2) is 7.33. The van der Waals surface area contributed by atoms with Crippen LogP contribution in [0.25, 0.3) is 0 Å². The van der Waals surface area contributed by atoms with Gasteiger partial charge in [-0.1, -0.05) is 35.3 Å². The average Bonchev–Trinajstić information content (AvgIpc) is 3.04. The molecule has 2 aromatic carbocycles. The summed E-state index contributed by atoms with van der Waals surface area (Å²) in [6.07, 6.45) is -0.759. The summed E-state index contributed by atoms with van der Waals surface area (Å²) in [5.41, 5.74) is 1.31. The van der Waals surface area contributed by atoms with Crippen LogP contribution in [0, 0.1) is 0 Å². The van der Waals surface area contributed by atoms with E-state index in [4.69, 9.17) is 32.7 Å². The van der Waals surface area contributed by atoms with Gasteiger partial charge in [0.15, 0.2) is 0 Å². The molecule has 0 aliphatic carbocycles. The molecule has 0 bridgehead atoms. The lowest BCUT2D eigenvalue weighted by molar-refractivity contribution is -0.135. The van der Waals surface area contributed by atoms with Crippen molar-refractivity contribution in [2.24, 2.45) is 5.10 Å². The molecule has 1 unspecified atom stereocenters. The summed E-state index contributed by atoms with van der Waals surface area (Å²) < 4.78 is 11.3. The minimum atomic E-state index is -0.759. The van der Waals surface area contributed by atoms with Crippen molar-refractivity contribution >= 4 is 35.0 Å². The van der Waals surface area contributed by atoms with Crippen LogP contribution < -0.4 is 4.74 Å². The van der Waals surface area contributed by atoms with E-state index in [1.54, 1.807) is 18.2 Å². The molecule has 0 aromatic heterocycles. The SMILES string of the molecule is CCOc1ccc(C2=NN(C(C)=O)C(c3cccc(Cl)c3Cl)O2)cc1. The van der Waals surface area contributed by atoms with Gasteiger partial charge in [0.05, 0.1) is 16.7 Å². The second-order valence-corrected chi connectivity index (χ2v) is 6.12. The molecule has 0 saturated carbocycles. The first-order valence-electron chi connectivity index (χ1n) is 7.73. The number of carbonyl (C=O) groups is 1. The molecule has 5 nitrogen and oxygen atoms in total. The quantitative estimate of drug-likeness (QED) is 0.778. The fraction of sp³-hybridized carbons (Fsp3) is 0.222. The summed E-state index contributed by atoms with van der Waals surface area (Å²) in [6, 6.07) is 12.5. The average molecular weight is 379 g/mol. The molecule has 3 rings (SSSR count). The fourth-order valence-electron chi connectivity index (χ4n) is 2.46. The molecule has 130 valence electrons. The van der Waals surface area contributed by atoms with E-state index >= 15 is 0 Å². The van der Waals surface area contributed by atoms with E-state index in [2.05, 4.69) is 5.10 Å². The maximum absolute atomic E-state index is 12.0. The van der Waals surface area contributed by atoms with Crippen LogP contribution in [0.1, 0.15) is 31.2 Å². The topological polar surface area (TPSA) is 51.1 Å². The molecule has 1 aliphatic heterocycles. The normalized spacial score (nSPS) is 16.4. The lowest BCUT2D eigenvalue weighted by atomic mass is 10.2. The van der Waals surface area contributed by atoms with Crippen molar-refractivity contribution in [3.05, 3.63) is 63.6 Å². The maximum atomic E-state index is 12.0. The number of benzene rings is 2. The fourth-order valence-corrected chi connectivity index (χ4v) is 2.86. The van der Waals surface area contributed by atoms with Gasteiger partial charge in [0.25, 0.3) is 0 Å². The van der Waals surface area contributed by atoms with Crippen molar-refractivity contribution in [3.63, 3.8) is 0 Å². The molecule has 1 atom stereocenters. The Hall–Kier alpha value is -2.24. The van der Waals surface area contributed by atoms with Crippen LogP contribution in [0.4, 0.5) is 0 Å². The summed E-state index contributed by atoms with van der Waals surface area (Å²) in [7, 11) is 0. The number of nitrogens with zero attached hydrogens (tertiary/aromatic N) is 2. The lowest BCUT2D eigenvalue weighted by Crippen LogP contribution is -2.25. The number of ether oxygens (including phenoxy) is 2. The van der Waals surface area contributed by atoms with Crippen LogP contribution in [-0.4, -0.2) is 23.4 Å². The van der Waals surface area contributed by atoms with Crippen LogP contribution in [0.15, 0.2) is 47.6 Å². The molecule has 2 aromatic rings. The van der Waals surface area contributed by atoms with Crippen molar-refractivity contribution in [1.82, 2.24) is 5.01 Å². The molecule has 7 heteroatoms. The zero-order chi connectivity index (χ0) is 18.0. The molecule has 25 heavy (non-hydrogen) atoms. The Morgan fingerprint density at radius 2 is 1.96 bits per heavy atom. The van der Waals surface area contributed by atoms with Crippen LogP contribution in [0.5, 0.6) is 5.75 Å². The number of rotatable bonds is 4. The van der Waals surface area contributed by atoms with Crippen LogP contribution in [0.2, 0.25) is 10.0 Å². The predicted molar refractivity (Wildman–Crippen MR) is 97.0 cm³/mol. The van der Waals surface area contributed by atoms with Crippen LogP contribution >= 0.6 is 23.2 Å². The standard InChI is InChI=1S/C18H16Cl2N2O3/c1-3-24-13-9-7-12(8-10-13)17-21-22(11(2)23)18(25-17)14-5-4-6-15(19)16(14)20/h4-10,18H,3H2,1-2H3. The van der Waals surface area contributed by atoms with E-state index in [1.165, 1.54) is 11.9 Å². The van der Waals surface area contributed by atoms with Gasteiger partial charge in [-0.15, -0.1) is 5.10 Å². The number of hydrogen-bond donors (Lipinski definition) is 0. The minimum Gasteiger partial charge on any atom is -0.494 e. The van der Waals surface area contributed by atoms with Crippen molar-refractivity contribution in [2.75, 3.05) is 6.61 Å². The molecule has 1 aliphatic rings. The highest BCUT2D eigenvalue weighted by molar-refractivity contribution is 6.42. The van der Waals surface area contributed by atoms with E-state index in [9.17, 15) is 4.79 Å². The Morgan fingerprint density at radius 3 is 2.60 bits per heavy atom. The van der Waals surface area contributed by atoms with Gasteiger partial charge >= 0.3 is 0 Å². The molecule has 0 saturated heterocycles. The third-order valence-electron chi connectivity index (χ3n) is 3.63. The Bertz CT molecular complexity index is 822. The molecule has 0 radical (unpaired) electrons. The molecule has 0 spiro atoms. The predicted octanol–water partition coefficient (Wildman–Crippen LogP) is 4.63. The van der Waals surface area contributed by atoms with Gasteiger partial charge in [-0.05, 0) is 37.3 Å². The molecule has 1 amide bonds. The number of carbonyl (C=O) groups excluding carboxylic acids is 1. The smallest absolute Gasteiger partial charge is 0.243 e. The highest BCUT2D eigenvalue weighted by atomic mass is 35.5. The highest BCUT2D eigenvalue weighted by Gasteiger charge is 2.34. The number of halogens is 2. The van der Waals surface area contributed by atoms with Gasteiger partial charge in [0.2, 0.25) is 18.0 Å². The molecule has 0 fully saturated rings. The highest BCUT2D eigenvalue weighted by Crippen LogP contribution is 2.37. The van der Waals surface area contributed by atoms with Gasteiger partial charge in [0.1, 0.15) is 5.75 Å². The van der Waals surface area contributed by atoms with Crippen LogP contribution in [-0.2, 0) is 9.53 Å². The second-order valence-electron chi connectivity index (χ2n) is 5.34. The number of hydrogen-bond acceptors (Lipinski definition) is 4. The van der Waals surface area contributed by atoms with Crippen molar-refractivity contribution < 1.29 is 14.3 Å². The molecular weight excluding hydrogens is 363 g/mol. The third kappa shape index (κ3) is 3.57. The van der Waals surface area contributed by atoms with Crippen molar-refractivity contribution in [3.8, 4) is 5.75 Å². The third-order valence-corrected chi connectivity index (χ3v) is 4.46. The van der Waals surface area contributed by atoms with Crippen molar-refractivity contribution in [1.29, 1.82) is 0 Å². The summed E-state index contributed by atoms with van der Waals surface area (Å²) >= 11 is 12.4. The first-order valence-corrected chi connectivity index (χ1v) is 8.49. The molecule has 1 heterocycles. The first-order chi connectivity index (χ1) is 12.0. The Kier molecular flexibility index (Phi) is 5.16. The minimum absolute atomic E-state index is 0.262. The van der Waals surface area contributed by atoms with Gasteiger partial charge in [-0.2, -0.15) is 5.01 Å². The summed E-state index contributed by atoms with van der Waals surface area (Å²) in [5, 5.41) is 6.28. The summed E-state index contributed by atoms with van der Waals surface area (Å²) in [6.45, 7) is 3.92. The first kappa shape index (κ1) is 17.6. The lowest BCUT2D eigenvalue weighted by Gasteiger charge is -2.20. The summed E-state index contributed by atoms with van der Waals surface area (Å²) in [5.74, 6) is 0.823. The zero-order valence-electron chi connectivity index (χ0n) is 13.7. The van der Waals surface area contributed by atoms with Gasteiger partial charge in [0, 0.05) is 18.1 Å². The Labute approximate surface area is 155 Å².